The Balaban J connectivity index is 3.92. The fourth-order valence-electron chi connectivity index (χ4n) is 1.11. The van der Waals surface area contributed by atoms with Crippen molar-refractivity contribution in [1.82, 2.24) is 4.90 Å². The van der Waals surface area contributed by atoms with Crippen LogP contribution in [0.2, 0.25) is 0 Å². The quantitative estimate of drug-likeness (QED) is 0.474. The molecule has 0 unspecified atom stereocenters. The van der Waals surface area contributed by atoms with Gasteiger partial charge in [0, 0.05) is 0 Å². The monoisotopic (exact) mass is 197 g/mol. The zero-order valence-electron chi connectivity index (χ0n) is 9.30. The van der Waals surface area contributed by atoms with E-state index in [9.17, 15) is 4.79 Å². The van der Waals surface area contributed by atoms with E-state index in [2.05, 4.69) is 18.8 Å². The fourth-order valence-corrected chi connectivity index (χ4v) is 1.11. The van der Waals surface area contributed by atoms with Crippen LogP contribution in [0.25, 0.3) is 0 Å². The molecule has 0 aliphatic carbocycles. The SMILES string of the molecule is CC#CCN(CCC)CC(=O)OCC. The lowest BCUT2D eigenvalue weighted by Crippen LogP contribution is -2.32. The lowest BCUT2D eigenvalue weighted by molar-refractivity contribution is -0.144. The summed E-state index contributed by atoms with van der Waals surface area (Å²) in [5.41, 5.74) is 0. The molecule has 0 bridgehead atoms. The summed E-state index contributed by atoms with van der Waals surface area (Å²) in [5, 5.41) is 0. The normalized spacial score (nSPS) is 9.43. The molecule has 0 radical (unpaired) electrons. The van der Waals surface area contributed by atoms with Crippen LogP contribution < -0.4 is 0 Å². The van der Waals surface area contributed by atoms with E-state index in [-0.39, 0.29) is 5.97 Å². The topological polar surface area (TPSA) is 29.5 Å². The summed E-state index contributed by atoms with van der Waals surface area (Å²) in [6.07, 6.45) is 1.02. The predicted molar refractivity (Wildman–Crippen MR) is 56.8 cm³/mol. The third-order valence-electron chi connectivity index (χ3n) is 1.68. The van der Waals surface area contributed by atoms with Gasteiger partial charge in [-0.25, -0.2) is 0 Å². The van der Waals surface area contributed by atoms with Gasteiger partial charge in [0.15, 0.2) is 0 Å². The molecule has 3 nitrogen and oxygen atoms in total. The van der Waals surface area contributed by atoms with Crippen LogP contribution in [0.15, 0.2) is 0 Å². The number of ether oxygens (including phenoxy) is 1. The van der Waals surface area contributed by atoms with Crippen molar-refractivity contribution < 1.29 is 9.53 Å². The second-order valence-corrected chi connectivity index (χ2v) is 2.94. The van der Waals surface area contributed by atoms with Gasteiger partial charge in [-0.1, -0.05) is 12.8 Å². The van der Waals surface area contributed by atoms with Gasteiger partial charge in [-0.3, -0.25) is 9.69 Å². The highest BCUT2D eigenvalue weighted by atomic mass is 16.5. The molecule has 0 N–H and O–H groups in total. The van der Waals surface area contributed by atoms with E-state index in [1.807, 2.05) is 11.8 Å². The molecule has 0 atom stereocenters. The van der Waals surface area contributed by atoms with Gasteiger partial charge in [-0.15, -0.1) is 5.92 Å². The number of carbonyl (C=O) groups excluding carboxylic acids is 1. The van der Waals surface area contributed by atoms with Crippen molar-refractivity contribution in [2.75, 3.05) is 26.2 Å². The molecule has 0 aromatic rings. The zero-order valence-corrected chi connectivity index (χ0v) is 9.30. The van der Waals surface area contributed by atoms with Crippen LogP contribution in [0.3, 0.4) is 0 Å². The summed E-state index contributed by atoms with van der Waals surface area (Å²) in [6, 6.07) is 0. The number of rotatable bonds is 6. The second kappa shape index (κ2) is 8.58. The predicted octanol–water partition coefficient (Wildman–Crippen LogP) is 1.28. The first-order chi connectivity index (χ1) is 6.74. The molecule has 0 spiro atoms. The Morgan fingerprint density at radius 1 is 1.43 bits per heavy atom. The first-order valence-corrected chi connectivity index (χ1v) is 5.02. The maximum Gasteiger partial charge on any atom is 0.320 e. The summed E-state index contributed by atoms with van der Waals surface area (Å²) in [6.45, 7) is 8.01. The van der Waals surface area contributed by atoms with Gasteiger partial charge in [0.05, 0.1) is 19.7 Å². The van der Waals surface area contributed by atoms with Crippen LogP contribution in [0.1, 0.15) is 27.2 Å². The summed E-state index contributed by atoms with van der Waals surface area (Å²) < 4.78 is 4.87. The minimum absolute atomic E-state index is 0.168. The van der Waals surface area contributed by atoms with Gasteiger partial charge in [0.25, 0.3) is 0 Å². The third-order valence-corrected chi connectivity index (χ3v) is 1.68. The minimum atomic E-state index is -0.168. The average molecular weight is 197 g/mol. The molecule has 0 saturated carbocycles. The number of hydrogen-bond donors (Lipinski definition) is 0. The Hall–Kier alpha value is -1.01. The smallest absolute Gasteiger partial charge is 0.320 e. The van der Waals surface area contributed by atoms with Crippen molar-refractivity contribution in [3.63, 3.8) is 0 Å². The van der Waals surface area contributed by atoms with Crippen LogP contribution in [0.5, 0.6) is 0 Å². The minimum Gasteiger partial charge on any atom is -0.465 e. The molecule has 80 valence electrons. The molecule has 3 heteroatoms. The van der Waals surface area contributed by atoms with Crippen molar-refractivity contribution in [1.29, 1.82) is 0 Å². The molecule has 0 rings (SSSR count). The first-order valence-electron chi connectivity index (χ1n) is 5.02. The van der Waals surface area contributed by atoms with Crippen LogP contribution >= 0.6 is 0 Å². The van der Waals surface area contributed by atoms with E-state index in [1.54, 1.807) is 6.92 Å². The van der Waals surface area contributed by atoms with E-state index < -0.39 is 0 Å². The standard InChI is InChI=1S/C11H19NO2/c1-4-7-9-12(8-5-2)10-11(13)14-6-3/h5-6,8-10H2,1-3H3. The Morgan fingerprint density at radius 2 is 2.14 bits per heavy atom. The second-order valence-electron chi connectivity index (χ2n) is 2.94. The molecule has 0 aliphatic rings. The third kappa shape index (κ3) is 6.50. The zero-order chi connectivity index (χ0) is 10.8. The van der Waals surface area contributed by atoms with Crippen molar-refractivity contribution in [2.24, 2.45) is 0 Å². The summed E-state index contributed by atoms with van der Waals surface area (Å²) in [7, 11) is 0. The Labute approximate surface area is 86.4 Å². The number of hydrogen-bond acceptors (Lipinski definition) is 3. The van der Waals surface area contributed by atoms with E-state index >= 15 is 0 Å². The molecular formula is C11H19NO2. The van der Waals surface area contributed by atoms with Crippen LogP contribution in [-0.2, 0) is 9.53 Å². The molecule has 0 heterocycles. The van der Waals surface area contributed by atoms with Crippen molar-refractivity contribution in [2.45, 2.75) is 27.2 Å². The van der Waals surface area contributed by atoms with Crippen molar-refractivity contribution in [3.05, 3.63) is 0 Å². The highest BCUT2D eigenvalue weighted by Gasteiger charge is 2.08. The van der Waals surface area contributed by atoms with Gasteiger partial charge < -0.3 is 4.74 Å². The van der Waals surface area contributed by atoms with Gasteiger partial charge in [0.1, 0.15) is 0 Å². The summed E-state index contributed by atoms with van der Waals surface area (Å²) in [4.78, 5) is 13.2. The Kier molecular flexibility index (Phi) is 7.96. The average Bonchev–Trinajstić information content (AvgIpc) is 2.15. The van der Waals surface area contributed by atoms with Crippen molar-refractivity contribution >= 4 is 5.97 Å². The fraction of sp³-hybridized carbons (Fsp3) is 0.727. The van der Waals surface area contributed by atoms with E-state index in [4.69, 9.17) is 4.74 Å². The molecule has 14 heavy (non-hydrogen) atoms. The number of carbonyl (C=O) groups is 1. The van der Waals surface area contributed by atoms with E-state index in [1.165, 1.54) is 0 Å². The Morgan fingerprint density at radius 3 is 2.64 bits per heavy atom. The van der Waals surface area contributed by atoms with Gasteiger partial charge in [0.2, 0.25) is 0 Å². The lowest BCUT2D eigenvalue weighted by atomic mass is 10.4. The first kappa shape index (κ1) is 13.0. The summed E-state index contributed by atoms with van der Waals surface area (Å²) in [5.74, 6) is 5.60. The Bertz CT molecular complexity index is 215. The lowest BCUT2D eigenvalue weighted by Gasteiger charge is -2.17. The largest absolute Gasteiger partial charge is 0.465 e. The van der Waals surface area contributed by atoms with E-state index in [0.29, 0.717) is 19.7 Å². The molecular weight excluding hydrogens is 178 g/mol. The highest BCUT2D eigenvalue weighted by molar-refractivity contribution is 5.71. The number of esters is 1. The maximum atomic E-state index is 11.2. The highest BCUT2D eigenvalue weighted by Crippen LogP contribution is 1.92. The molecule has 0 aromatic heterocycles. The van der Waals surface area contributed by atoms with Crippen LogP contribution in [0, 0.1) is 11.8 Å². The van der Waals surface area contributed by atoms with Crippen molar-refractivity contribution in [3.8, 4) is 11.8 Å². The molecule has 0 saturated heterocycles. The van der Waals surface area contributed by atoms with Gasteiger partial charge in [-0.2, -0.15) is 0 Å². The van der Waals surface area contributed by atoms with E-state index in [0.717, 1.165) is 13.0 Å². The molecule has 0 fully saturated rings. The van der Waals surface area contributed by atoms with Gasteiger partial charge >= 0.3 is 5.97 Å². The summed E-state index contributed by atoms with van der Waals surface area (Å²) >= 11 is 0. The van der Waals surface area contributed by atoms with Gasteiger partial charge in [-0.05, 0) is 26.8 Å². The maximum absolute atomic E-state index is 11.2. The van der Waals surface area contributed by atoms with Crippen LogP contribution in [0.4, 0.5) is 0 Å². The molecule has 0 aliphatic heterocycles. The molecule has 0 amide bonds. The van der Waals surface area contributed by atoms with Crippen LogP contribution in [-0.4, -0.2) is 37.1 Å². The number of nitrogens with zero attached hydrogens (tertiary/aromatic N) is 1. The molecule has 0 aromatic carbocycles.